The monoisotopic (exact) mass is 280 g/mol. The van der Waals surface area contributed by atoms with Crippen molar-refractivity contribution in [2.45, 2.75) is 0 Å². The summed E-state index contributed by atoms with van der Waals surface area (Å²) in [5.74, 6) is 0.508. The predicted octanol–water partition coefficient (Wildman–Crippen LogP) is 2.71. The van der Waals surface area contributed by atoms with Gasteiger partial charge in [-0.05, 0) is 30.3 Å². The van der Waals surface area contributed by atoms with Crippen molar-refractivity contribution in [1.29, 1.82) is 10.5 Å². The first-order valence-corrected chi connectivity index (χ1v) is 5.71. The first kappa shape index (κ1) is 13.8. The normalized spacial score (nSPS) is 9.43. The highest BCUT2D eigenvalue weighted by Gasteiger charge is 2.13. The van der Waals surface area contributed by atoms with Gasteiger partial charge in [0.05, 0.1) is 22.1 Å². The van der Waals surface area contributed by atoms with Crippen molar-refractivity contribution in [3.05, 3.63) is 57.6 Å². The molecule has 2 aromatic carbocycles. The lowest BCUT2D eigenvalue weighted by molar-refractivity contribution is -0.384. The highest BCUT2D eigenvalue weighted by atomic mass is 16.6. The van der Waals surface area contributed by atoms with Crippen LogP contribution in [-0.2, 0) is 0 Å². The molecule has 2 N–H and O–H groups in total. The molecule has 102 valence electrons. The summed E-state index contributed by atoms with van der Waals surface area (Å²) < 4.78 is 5.45. The maximum atomic E-state index is 10.8. The standard InChI is InChI=1S/C14H8N4O3/c15-7-9-1-2-11(5-10(9)8-16)21-12-3-4-13(17)14(6-12)18(19)20/h1-6H,17H2. The molecule has 0 spiro atoms. The van der Waals surface area contributed by atoms with E-state index in [4.69, 9.17) is 21.0 Å². The topological polar surface area (TPSA) is 126 Å². The summed E-state index contributed by atoms with van der Waals surface area (Å²) in [7, 11) is 0. The average Bonchev–Trinajstić information content (AvgIpc) is 2.48. The van der Waals surface area contributed by atoms with Gasteiger partial charge in [0, 0.05) is 0 Å². The van der Waals surface area contributed by atoms with E-state index in [-0.39, 0.29) is 28.3 Å². The Hall–Kier alpha value is -3.58. The lowest BCUT2D eigenvalue weighted by Gasteiger charge is -2.07. The van der Waals surface area contributed by atoms with Gasteiger partial charge in [-0.3, -0.25) is 10.1 Å². The van der Waals surface area contributed by atoms with Crippen molar-refractivity contribution in [2.24, 2.45) is 0 Å². The quantitative estimate of drug-likeness (QED) is 0.523. The third kappa shape index (κ3) is 2.88. The van der Waals surface area contributed by atoms with Crippen LogP contribution in [0, 0.1) is 32.8 Å². The second kappa shape index (κ2) is 5.59. The summed E-state index contributed by atoms with van der Waals surface area (Å²) in [6.45, 7) is 0. The van der Waals surface area contributed by atoms with E-state index in [0.29, 0.717) is 5.75 Å². The van der Waals surface area contributed by atoms with Crippen LogP contribution < -0.4 is 10.5 Å². The number of anilines is 1. The van der Waals surface area contributed by atoms with Crippen LogP contribution in [0.3, 0.4) is 0 Å². The molecule has 0 aliphatic carbocycles. The van der Waals surface area contributed by atoms with Crippen molar-refractivity contribution in [3.8, 4) is 23.6 Å². The van der Waals surface area contributed by atoms with Crippen LogP contribution >= 0.6 is 0 Å². The highest BCUT2D eigenvalue weighted by molar-refractivity contribution is 5.61. The van der Waals surface area contributed by atoms with E-state index in [9.17, 15) is 10.1 Å². The van der Waals surface area contributed by atoms with Gasteiger partial charge in [-0.2, -0.15) is 10.5 Å². The van der Waals surface area contributed by atoms with Gasteiger partial charge < -0.3 is 10.5 Å². The van der Waals surface area contributed by atoms with E-state index in [1.54, 1.807) is 0 Å². The first-order valence-electron chi connectivity index (χ1n) is 5.71. The Morgan fingerprint density at radius 3 is 2.29 bits per heavy atom. The van der Waals surface area contributed by atoms with E-state index in [2.05, 4.69) is 0 Å². The lowest BCUT2D eigenvalue weighted by atomic mass is 10.1. The molecule has 0 radical (unpaired) electrons. The number of ether oxygens (including phenoxy) is 1. The molecule has 0 aromatic heterocycles. The third-order valence-corrected chi connectivity index (χ3v) is 2.67. The van der Waals surface area contributed by atoms with Crippen LogP contribution in [0.1, 0.15) is 11.1 Å². The molecule has 0 fully saturated rings. The maximum absolute atomic E-state index is 10.8. The number of nitriles is 2. The van der Waals surface area contributed by atoms with Crippen molar-refractivity contribution >= 4 is 11.4 Å². The molecule has 2 rings (SSSR count). The zero-order valence-corrected chi connectivity index (χ0v) is 10.6. The molecule has 0 amide bonds. The molecular formula is C14H8N4O3. The second-order valence-corrected chi connectivity index (χ2v) is 4.01. The Kier molecular flexibility index (Phi) is 3.69. The fourth-order valence-electron chi connectivity index (χ4n) is 1.66. The van der Waals surface area contributed by atoms with Crippen LogP contribution in [-0.4, -0.2) is 4.92 Å². The Bertz CT molecular complexity index is 803. The Morgan fingerprint density at radius 1 is 1.05 bits per heavy atom. The number of nitro benzene ring substituents is 1. The van der Waals surface area contributed by atoms with Gasteiger partial charge >= 0.3 is 0 Å². The molecule has 0 aliphatic rings. The zero-order valence-electron chi connectivity index (χ0n) is 10.6. The summed E-state index contributed by atoms with van der Waals surface area (Å²) in [5, 5.41) is 28.6. The lowest BCUT2D eigenvalue weighted by Crippen LogP contribution is -1.96. The SMILES string of the molecule is N#Cc1ccc(Oc2ccc(N)c([N+](=O)[O-])c2)cc1C#N. The smallest absolute Gasteiger partial charge is 0.295 e. The van der Waals surface area contributed by atoms with Gasteiger partial charge in [-0.15, -0.1) is 0 Å². The molecular weight excluding hydrogens is 272 g/mol. The molecule has 0 atom stereocenters. The number of benzene rings is 2. The fraction of sp³-hybridized carbons (Fsp3) is 0. The molecule has 0 saturated carbocycles. The minimum absolute atomic E-state index is 0.0323. The molecule has 0 unspecified atom stereocenters. The Morgan fingerprint density at radius 2 is 1.67 bits per heavy atom. The van der Waals surface area contributed by atoms with E-state index < -0.39 is 4.92 Å². The Balaban J connectivity index is 2.35. The molecule has 0 heterocycles. The van der Waals surface area contributed by atoms with Gasteiger partial charge in [-0.25, -0.2) is 0 Å². The van der Waals surface area contributed by atoms with Gasteiger partial charge in [0.1, 0.15) is 29.3 Å². The van der Waals surface area contributed by atoms with Crippen molar-refractivity contribution < 1.29 is 9.66 Å². The number of nitro groups is 1. The van der Waals surface area contributed by atoms with Crippen LogP contribution in [0.15, 0.2) is 36.4 Å². The number of rotatable bonds is 3. The molecule has 7 nitrogen and oxygen atoms in total. The first-order chi connectivity index (χ1) is 10.0. The maximum Gasteiger partial charge on any atom is 0.295 e. The predicted molar refractivity (Wildman–Crippen MR) is 73.5 cm³/mol. The summed E-state index contributed by atoms with van der Waals surface area (Å²) >= 11 is 0. The van der Waals surface area contributed by atoms with Gasteiger partial charge in [0.2, 0.25) is 0 Å². The largest absolute Gasteiger partial charge is 0.457 e. The van der Waals surface area contributed by atoms with Gasteiger partial charge in [0.25, 0.3) is 5.69 Å². The van der Waals surface area contributed by atoms with Gasteiger partial charge in [0.15, 0.2) is 0 Å². The fourth-order valence-corrected chi connectivity index (χ4v) is 1.66. The molecule has 0 saturated heterocycles. The van der Waals surface area contributed by atoms with Gasteiger partial charge in [-0.1, -0.05) is 0 Å². The van der Waals surface area contributed by atoms with Crippen LogP contribution in [0.25, 0.3) is 0 Å². The Labute approximate surface area is 119 Å². The number of hydrogen-bond donors (Lipinski definition) is 1. The minimum Gasteiger partial charge on any atom is -0.457 e. The minimum atomic E-state index is -0.609. The number of nitrogens with two attached hydrogens (primary N) is 1. The summed E-state index contributed by atoms with van der Waals surface area (Å²) in [4.78, 5) is 10.2. The van der Waals surface area contributed by atoms with E-state index >= 15 is 0 Å². The number of nitrogens with zero attached hydrogens (tertiary/aromatic N) is 3. The van der Waals surface area contributed by atoms with E-state index in [1.165, 1.54) is 36.4 Å². The molecule has 0 aliphatic heterocycles. The number of hydrogen-bond acceptors (Lipinski definition) is 6. The van der Waals surface area contributed by atoms with Crippen molar-refractivity contribution in [3.63, 3.8) is 0 Å². The second-order valence-electron chi connectivity index (χ2n) is 4.01. The zero-order chi connectivity index (χ0) is 15.4. The molecule has 2 aromatic rings. The summed E-state index contributed by atoms with van der Waals surface area (Å²) in [5.41, 5.74) is 5.66. The molecule has 7 heteroatoms. The van der Waals surface area contributed by atoms with Crippen molar-refractivity contribution in [1.82, 2.24) is 0 Å². The molecule has 0 bridgehead atoms. The number of nitrogen functional groups attached to an aromatic ring is 1. The highest BCUT2D eigenvalue weighted by Crippen LogP contribution is 2.30. The van der Waals surface area contributed by atoms with Crippen LogP contribution in [0.4, 0.5) is 11.4 Å². The summed E-state index contributed by atoms with van der Waals surface area (Å²) in [6.07, 6.45) is 0. The van der Waals surface area contributed by atoms with Crippen LogP contribution in [0.2, 0.25) is 0 Å². The van der Waals surface area contributed by atoms with Crippen molar-refractivity contribution in [2.75, 3.05) is 5.73 Å². The molecule has 21 heavy (non-hydrogen) atoms. The average molecular weight is 280 g/mol. The van der Waals surface area contributed by atoms with Crippen LogP contribution in [0.5, 0.6) is 11.5 Å². The van der Waals surface area contributed by atoms with E-state index in [0.717, 1.165) is 0 Å². The third-order valence-electron chi connectivity index (χ3n) is 2.67. The summed E-state index contributed by atoms with van der Waals surface area (Å²) in [6, 6.07) is 12.1. The van der Waals surface area contributed by atoms with E-state index in [1.807, 2.05) is 12.1 Å².